The molecule has 0 atom stereocenters. The monoisotopic (exact) mass is 303 g/mol. The summed E-state index contributed by atoms with van der Waals surface area (Å²) in [6.07, 6.45) is 4.24. The molecule has 0 aliphatic carbocycles. The van der Waals surface area contributed by atoms with Gasteiger partial charge < -0.3 is 10.1 Å². The van der Waals surface area contributed by atoms with Crippen molar-refractivity contribution in [3.8, 4) is 0 Å². The van der Waals surface area contributed by atoms with E-state index in [0.29, 0.717) is 18.3 Å². The Morgan fingerprint density at radius 1 is 1.48 bits per heavy atom. The molecule has 0 saturated heterocycles. The van der Waals surface area contributed by atoms with E-state index in [9.17, 15) is 4.79 Å². The van der Waals surface area contributed by atoms with Crippen LogP contribution in [0.4, 0.5) is 5.13 Å². The molecule has 1 aliphatic rings. The molecular formula is C15H17N3O2S. The number of hydrogen-bond acceptors (Lipinski definition) is 5. The molecule has 2 aromatic rings. The summed E-state index contributed by atoms with van der Waals surface area (Å²) in [6.45, 7) is 5.06. The highest BCUT2D eigenvalue weighted by Crippen LogP contribution is 2.29. The summed E-state index contributed by atoms with van der Waals surface area (Å²) in [4.78, 5) is 22.2. The van der Waals surface area contributed by atoms with Crippen molar-refractivity contribution in [2.75, 3.05) is 11.9 Å². The lowest BCUT2D eigenvalue weighted by atomic mass is 9.85. The van der Waals surface area contributed by atoms with Crippen LogP contribution in [0.1, 0.15) is 30.0 Å². The molecule has 0 radical (unpaired) electrons. The van der Waals surface area contributed by atoms with Crippen LogP contribution in [0.2, 0.25) is 0 Å². The van der Waals surface area contributed by atoms with E-state index in [0.717, 1.165) is 22.6 Å². The van der Waals surface area contributed by atoms with Gasteiger partial charge in [0.25, 0.3) is 0 Å². The third-order valence-corrected chi connectivity index (χ3v) is 4.65. The molecule has 0 fully saturated rings. The Morgan fingerprint density at radius 2 is 2.33 bits per heavy atom. The van der Waals surface area contributed by atoms with Crippen LogP contribution in [0, 0.1) is 0 Å². The lowest BCUT2D eigenvalue weighted by Gasteiger charge is -2.22. The molecule has 2 aromatic heterocycles. The van der Waals surface area contributed by atoms with Crippen LogP contribution in [-0.2, 0) is 28.0 Å². The fourth-order valence-corrected chi connectivity index (χ4v) is 3.14. The van der Waals surface area contributed by atoms with E-state index < -0.39 is 5.41 Å². The van der Waals surface area contributed by atoms with E-state index >= 15 is 0 Å². The van der Waals surface area contributed by atoms with Gasteiger partial charge in [0, 0.05) is 18.8 Å². The van der Waals surface area contributed by atoms with Crippen molar-refractivity contribution >= 4 is 22.4 Å². The maximum Gasteiger partial charge on any atom is 0.236 e. The molecule has 0 aromatic carbocycles. The topological polar surface area (TPSA) is 64.1 Å². The normalized spacial score (nSPS) is 14.6. The first-order chi connectivity index (χ1) is 10.1. The molecule has 21 heavy (non-hydrogen) atoms. The molecule has 1 aliphatic heterocycles. The minimum absolute atomic E-state index is 0.0810. The Morgan fingerprint density at radius 3 is 3.05 bits per heavy atom. The highest BCUT2D eigenvalue weighted by Gasteiger charge is 2.31. The quantitative estimate of drug-likeness (QED) is 0.946. The number of fused-ring (bicyclic) bond motifs is 1. The van der Waals surface area contributed by atoms with E-state index in [1.54, 1.807) is 12.4 Å². The number of hydrogen-bond donors (Lipinski definition) is 1. The second-order valence-electron chi connectivity index (χ2n) is 5.51. The number of anilines is 1. The summed E-state index contributed by atoms with van der Waals surface area (Å²) in [5, 5.41) is 3.57. The number of ether oxygens (including phenoxy) is 1. The predicted molar refractivity (Wildman–Crippen MR) is 81.4 cm³/mol. The molecule has 3 heterocycles. The highest BCUT2D eigenvalue weighted by molar-refractivity contribution is 7.15. The van der Waals surface area contributed by atoms with Gasteiger partial charge in [0.05, 0.1) is 29.2 Å². The molecule has 1 N–H and O–H groups in total. The zero-order valence-electron chi connectivity index (χ0n) is 12.0. The Kier molecular flexibility index (Phi) is 3.73. The lowest BCUT2D eigenvalue weighted by molar-refractivity contribution is -0.120. The molecule has 3 rings (SSSR count). The zero-order valence-corrected chi connectivity index (χ0v) is 12.9. The Labute approximate surface area is 127 Å². The maximum absolute atomic E-state index is 12.5. The summed E-state index contributed by atoms with van der Waals surface area (Å²) in [5.41, 5.74) is 1.27. The van der Waals surface area contributed by atoms with E-state index in [2.05, 4.69) is 15.3 Å². The Bertz CT molecular complexity index is 629. The number of aromatic nitrogens is 2. The van der Waals surface area contributed by atoms with Crippen molar-refractivity contribution < 1.29 is 9.53 Å². The van der Waals surface area contributed by atoms with Crippen LogP contribution < -0.4 is 5.32 Å². The summed E-state index contributed by atoms with van der Waals surface area (Å²) in [7, 11) is 0. The number of carbonyl (C=O) groups is 1. The molecule has 1 amide bonds. The molecule has 6 heteroatoms. The molecule has 110 valence electrons. The van der Waals surface area contributed by atoms with E-state index in [-0.39, 0.29) is 5.91 Å². The van der Waals surface area contributed by atoms with Gasteiger partial charge in [0.15, 0.2) is 5.13 Å². The smallest absolute Gasteiger partial charge is 0.236 e. The largest absolute Gasteiger partial charge is 0.375 e. The van der Waals surface area contributed by atoms with Crippen molar-refractivity contribution in [1.29, 1.82) is 0 Å². The zero-order chi connectivity index (χ0) is 14.9. The summed E-state index contributed by atoms with van der Waals surface area (Å²) < 4.78 is 5.40. The average Bonchev–Trinajstić information content (AvgIpc) is 2.90. The van der Waals surface area contributed by atoms with Gasteiger partial charge >= 0.3 is 0 Å². The third-order valence-electron chi connectivity index (χ3n) is 3.67. The SMILES string of the molecule is CC(C)(C(=O)Nc1nc2c(s1)COCC2)c1cccnc1. The van der Waals surface area contributed by atoms with E-state index in [4.69, 9.17) is 4.74 Å². The van der Waals surface area contributed by atoms with Gasteiger partial charge in [-0.2, -0.15) is 0 Å². The van der Waals surface area contributed by atoms with Crippen LogP contribution in [0.5, 0.6) is 0 Å². The van der Waals surface area contributed by atoms with Gasteiger partial charge in [-0.05, 0) is 25.5 Å². The molecule has 0 bridgehead atoms. The van der Waals surface area contributed by atoms with E-state index in [1.807, 2.05) is 26.0 Å². The second-order valence-corrected chi connectivity index (χ2v) is 6.60. The number of thiazole rings is 1. The minimum Gasteiger partial charge on any atom is -0.375 e. The fourth-order valence-electron chi connectivity index (χ4n) is 2.20. The number of amides is 1. The third kappa shape index (κ3) is 2.82. The van der Waals surface area contributed by atoms with Crippen molar-refractivity contribution in [2.24, 2.45) is 0 Å². The fraction of sp³-hybridized carbons (Fsp3) is 0.400. The van der Waals surface area contributed by atoms with Gasteiger partial charge in [0.2, 0.25) is 5.91 Å². The van der Waals surface area contributed by atoms with Crippen molar-refractivity contribution in [1.82, 2.24) is 9.97 Å². The van der Waals surface area contributed by atoms with Crippen LogP contribution in [0.3, 0.4) is 0 Å². The number of nitrogens with one attached hydrogen (secondary N) is 1. The minimum atomic E-state index is -0.656. The summed E-state index contributed by atoms with van der Waals surface area (Å²) in [6, 6.07) is 3.75. The predicted octanol–water partition coefficient (Wildman–Crippen LogP) is 2.53. The Hall–Kier alpha value is -1.79. The lowest BCUT2D eigenvalue weighted by Crippen LogP contribution is -2.34. The summed E-state index contributed by atoms with van der Waals surface area (Å²) >= 11 is 1.49. The molecule has 0 saturated carbocycles. The number of nitrogens with zero attached hydrogens (tertiary/aromatic N) is 2. The summed E-state index contributed by atoms with van der Waals surface area (Å²) in [5.74, 6) is -0.0810. The van der Waals surface area contributed by atoms with Crippen LogP contribution in [-0.4, -0.2) is 22.5 Å². The molecule has 5 nitrogen and oxygen atoms in total. The van der Waals surface area contributed by atoms with Crippen LogP contribution >= 0.6 is 11.3 Å². The van der Waals surface area contributed by atoms with Crippen molar-refractivity contribution in [2.45, 2.75) is 32.3 Å². The maximum atomic E-state index is 12.5. The second kappa shape index (κ2) is 5.54. The number of rotatable bonds is 3. The first kappa shape index (κ1) is 14.2. The standard InChI is InChI=1S/C15H17N3O2S/c1-15(2,10-4-3-6-16-8-10)13(19)18-14-17-11-5-7-20-9-12(11)21-14/h3-4,6,8H,5,7,9H2,1-2H3,(H,17,18,19). The first-order valence-corrected chi connectivity index (χ1v) is 7.67. The van der Waals surface area contributed by atoms with Gasteiger partial charge in [-0.1, -0.05) is 17.4 Å². The molecular weight excluding hydrogens is 286 g/mol. The number of carbonyl (C=O) groups excluding carboxylic acids is 1. The first-order valence-electron chi connectivity index (χ1n) is 6.85. The van der Waals surface area contributed by atoms with Gasteiger partial charge in [-0.25, -0.2) is 4.98 Å². The van der Waals surface area contributed by atoms with E-state index in [1.165, 1.54) is 11.3 Å². The average molecular weight is 303 g/mol. The van der Waals surface area contributed by atoms with Gasteiger partial charge in [0.1, 0.15) is 0 Å². The van der Waals surface area contributed by atoms with Crippen molar-refractivity contribution in [3.05, 3.63) is 40.7 Å². The molecule has 0 spiro atoms. The molecule has 0 unspecified atom stereocenters. The van der Waals surface area contributed by atoms with Crippen LogP contribution in [0.25, 0.3) is 0 Å². The van der Waals surface area contributed by atoms with Crippen LogP contribution in [0.15, 0.2) is 24.5 Å². The van der Waals surface area contributed by atoms with Crippen molar-refractivity contribution in [3.63, 3.8) is 0 Å². The number of pyridine rings is 1. The van der Waals surface area contributed by atoms with Gasteiger partial charge in [-0.3, -0.25) is 9.78 Å². The highest BCUT2D eigenvalue weighted by atomic mass is 32.1. The Balaban J connectivity index is 1.78. The van der Waals surface area contributed by atoms with Gasteiger partial charge in [-0.15, -0.1) is 0 Å².